The van der Waals surface area contributed by atoms with Crippen molar-refractivity contribution in [2.24, 2.45) is 0 Å². The molecule has 0 atom stereocenters. The maximum atomic E-state index is 8.55. The molecule has 0 bridgehead atoms. The summed E-state index contributed by atoms with van der Waals surface area (Å²) in [6.45, 7) is 0. The summed E-state index contributed by atoms with van der Waals surface area (Å²) in [5.74, 6) is -0.738. The van der Waals surface area contributed by atoms with Crippen molar-refractivity contribution in [3.8, 4) is 45.3 Å². The van der Waals surface area contributed by atoms with Crippen molar-refractivity contribution >= 4 is 21.9 Å². The Kier molecular flexibility index (Phi) is 3.18. The second kappa shape index (κ2) is 8.85. The lowest BCUT2D eigenvalue weighted by molar-refractivity contribution is 0.669. The Morgan fingerprint density at radius 1 is 0.514 bits per heavy atom. The minimum atomic E-state index is -0.610. The number of nitrogens with zero attached hydrogens (tertiary/aromatic N) is 3. The first-order valence-corrected chi connectivity index (χ1v) is 11.4. The van der Waals surface area contributed by atoms with Gasteiger partial charge in [-0.15, -0.1) is 0 Å². The van der Waals surface area contributed by atoms with Gasteiger partial charge in [-0.2, -0.15) is 0 Å². The minimum absolute atomic E-state index is 0.0587. The van der Waals surface area contributed by atoms with Crippen molar-refractivity contribution in [1.82, 2.24) is 15.0 Å². The van der Waals surface area contributed by atoms with E-state index in [9.17, 15) is 0 Å². The molecule has 0 aliphatic carbocycles. The summed E-state index contributed by atoms with van der Waals surface area (Å²) in [6, 6.07) is 15.0. The molecule has 0 N–H and O–H groups in total. The third-order valence-corrected chi connectivity index (χ3v) is 5.93. The van der Waals surface area contributed by atoms with Gasteiger partial charge in [0, 0.05) is 21.9 Å². The highest BCUT2D eigenvalue weighted by molar-refractivity contribution is 6.10. The molecular weight excluding hydrogens is 454 g/mol. The molecule has 7 aromatic rings. The average molecular weight is 486 g/mol. The van der Waals surface area contributed by atoms with Gasteiger partial charge in [0.2, 0.25) is 0 Å². The quantitative estimate of drug-likeness (QED) is 0.251. The van der Waals surface area contributed by atoms with E-state index >= 15 is 0 Å². The monoisotopic (exact) mass is 485 g/mol. The highest BCUT2D eigenvalue weighted by Gasteiger charge is 2.17. The number of benzene rings is 5. The number of aromatic nitrogens is 3. The molecule has 5 aromatic carbocycles. The second-order valence-electron chi connectivity index (χ2n) is 8.17. The molecule has 0 spiro atoms. The first kappa shape index (κ1) is 13.3. The normalized spacial score (nSPS) is 15.0. The van der Waals surface area contributed by atoms with Crippen molar-refractivity contribution in [1.29, 1.82) is 0 Å². The zero-order valence-electron chi connectivity index (χ0n) is 29.1. The summed E-state index contributed by atoms with van der Waals surface area (Å²) >= 11 is 0. The summed E-state index contributed by atoms with van der Waals surface area (Å²) in [7, 11) is 0. The van der Waals surface area contributed by atoms with Crippen molar-refractivity contribution in [2.45, 2.75) is 0 Å². The standard InChI is InChI=1S/C33H21N3O/c1-4-11-22(12-5-1)25-19-20-29-28(21-25)26-17-10-18-27(30(26)37-29)33-35-31(23-13-6-2-7-14-23)34-32(36-33)24-15-8-3-9-16-24/h1-21H/i2D,3D,6D,7D,8D,9D,13D,14D,15D,16D. The maximum absolute atomic E-state index is 8.55. The molecule has 0 saturated carbocycles. The SMILES string of the molecule is [2H]c1c([2H])c([2H])c(-c2nc(-c3c([2H])c([2H])c([2H])c([2H])c3[2H])nc(-c3cccc4c3oc3ccc(-c5ccccc5)cc34)n2)c([2H])c1[2H]. The fourth-order valence-corrected chi connectivity index (χ4v) is 4.23. The molecular formula is C33H21N3O. The highest BCUT2D eigenvalue weighted by Crippen LogP contribution is 2.37. The topological polar surface area (TPSA) is 51.8 Å². The predicted molar refractivity (Wildman–Crippen MR) is 149 cm³/mol. The maximum Gasteiger partial charge on any atom is 0.167 e. The highest BCUT2D eigenvalue weighted by atomic mass is 16.3. The fraction of sp³-hybridized carbons (Fsp3) is 0. The number of rotatable bonds is 4. The summed E-state index contributed by atoms with van der Waals surface area (Å²) in [4.78, 5) is 13.4. The van der Waals surface area contributed by atoms with Crippen LogP contribution in [0.15, 0.2) is 132 Å². The van der Waals surface area contributed by atoms with Gasteiger partial charge in [-0.3, -0.25) is 0 Å². The van der Waals surface area contributed by atoms with Crippen LogP contribution in [0.25, 0.3) is 67.2 Å². The molecule has 4 nitrogen and oxygen atoms in total. The zero-order valence-corrected chi connectivity index (χ0v) is 19.1. The number of fused-ring (bicyclic) bond motifs is 3. The second-order valence-corrected chi connectivity index (χ2v) is 8.17. The van der Waals surface area contributed by atoms with Crippen LogP contribution in [0.5, 0.6) is 0 Å². The van der Waals surface area contributed by atoms with Gasteiger partial charge < -0.3 is 4.42 Å². The third-order valence-electron chi connectivity index (χ3n) is 5.93. The first-order chi connectivity index (χ1) is 22.5. The van der Waals surface area contributed by atoms with E-state index in [1.807, 2.05) is 54.6 Å². The van der Waals surface area contributed by atoms with Crippen LogP contribution < -0.4 is 0 Å². The van der Waals surface area contributed by atoms with Gasteiger partial charge in [0.25, 0.3) is 0 Å². The Bertz CT molecular complexity index is 2280. The molecule has 0 fully saturated rings. The molecule has 0 saturated heterocycles. The van der Waals surface area contributed by atoms with E-state index in [-0.39, 0.29) is 28.6 Å². The zero-order chi connectivity index (χ0) is 33.3. The van der Waals surface area contributed by atoms with Gasteiger partial charge in [0.1, 0.15) is 11.2 Å². The van der Waals surface area contributed by atoms with Crippen molar-refractivity contribution < 1.29 is 18.1 Å². The summed E-state index contributed by atoms with van der Waals surface area (Å²) in [5, 5.41) is 1.54. The van der Waals surface area contributed by atoms with Crippen molar-refractivity contribution in [3.63, 3.8) is 0 Å². The van der Waals surface area contributed by atoms with E-state index in [0.29, 0.717) is 16.7 Å². The fourth-order valence-electron chi connectivity index (χ4n) is 4.23. The Balaban J connectivity index is 1.54. The molecule has 0 amide bonds. The molecule has 0 aliphatic heterocycles. The van der Waals surface area contributed by atoms with Crippen LogP contribution in [0, 0.1) is 0 Å². The molecule has 7 rings (SSSR count). The average Bonchev–Trinajstić information content (AvgIpc) is 3.47. The van der Waals surface area contributed by atoms with Crippen LogP contribution in [0.2, 0.25) is 0 Å². The Morgan fingerprint density at radius 3 is 1.84 bits per heavy atom. The molecule has 174 valence electrons. The van der Waals surface area contributed by atoms with Crippen LogP contribution in [-0.2, 0) is 0 Å². The number of furan rings is 1. The van der Waals surface area contributed by atoms with E-state index in [1.165, 1.54) is 0 Å². The largest absolute Gasteiger partial charge is 0.455 e. The molecule has 4 heteroatoms. The van der Waals surface area contributed by atoms with Crippen LogP contribution in [0.1, 0.15) is 13.7 Å². The molecule has 2 heterocycles. The molecule has 0 aliphatic rings. The van der Waals surface area contributed by atoms with Gasteiger partial charge >= 0.3 is 0 Å². The first-order valence-electron chi connectivity index (χ1n) is 16.4. The summed E-state index contributed by atoms with van der Waals surface area (Å²) < 4.78 is 89.3. The lowest BCUT2D eigenvalue weighted by Crippen LogP contribution is -2.00. The Hall–Kier alpha value is -5.09. The molecule has 2 aromatic heterocycles. The lowest BCUT2D eigenvalue weighted by atomic mass is 10.0. The third kappa shape index (κ3) is 3.85. The van der Waals surface area contributed by atoms with E-state index in [2.05, 4.69) is 15.0 Å². The Labute approximate surface area is 228 Å². The van der Waals surface area contributed by atoms with Crippen LogP contribution in [-0.4, -0.2) is 15.0 Å². The van der Waals surface area contributed by atoms with Crippen LogP contribution >= 0.6 is 0 Å². The van der Waals surface area contributed by atoms with Crippen molar-refractivity contribution in [3.05, 3.63) is 127 Å². The van der Waals surface area contributed by atoms with E-state index in [4.69, 9.17) is 18.1 Å². The Morgan fingerprint density at radius 2 is 1.16 bits per heavy atom. The molecule has 0 radical (unpaired) electrons. The smallest absolute Gasteiger partial charge is 0.167 e. The van der Waals surface area contributed by atoms with Gasteiger partial charge in [-0.05, 0) is 29.3 Å². The molecule has 37 heavy (non-hydrogen) atoms. The van der Waals surface area contributed by atoms with E-state index in [0.717, 1.165) is 21.9 Å². The predicted octanol–water partition coefficient (Wildman–Crippen LogP) is 8.44. The van der Waals surface area contributed by atoms with Gasteiger partial charge in [0.05, 0.1) is 19.3 Å². The minimum Gasteiger partial charge on any atom is -0.455 e. The van der Waals surface area contributed by atoms with Crippen molar-refractivity contribution in [2.75, 3.05) is 0 Å². The number of para-hydroxylation sites is 1. The van der Waals surface area contributed by atoms with Gasteiger partial charge in [0.15, 0.2) is 17.5 Å². The molecule has 0 unspecified atom stereocenters. The summed E-state index contributed by atoms with van der Waals surface area (Å²) in [6.07, 6.45) is 0. The van der Waals surface area contributed by atoms with E-state index < -0.39 is 60.4 Å². The number of hydrogen-bond donors (Lipinski definition) is 0. The number of hydrogen-bond acceptors (Lipinski definition) is 4. The van der Waals surface area contributed by atoms with Crippen LogP contribution in [0.4, 0.5) is 0 Å². The van der Waals surface area contributed by atoms with Gasteiger partial charge in [-0.25, -0.2) is 15.0 Å². The summed E-state index contributed by atoms with van der Waals surface area (Å²) in [5.41, 5.74) is 2.64. The van der Waals surface area contributed by atoms with Crippen LogP contribution in [0.3, 0.4) is 0 Å². The lowest BCUT2D eigenvalue weighted by Gasteiger charge is -2.08. The van der Waals surface area contributed by atoms with E-state index in [1.54, 1.807) is 12.1 Å². The van der Waals surface area contributed by atoms with Gasteiger partial charge in [-0.1, -0.05) is 109 Å².